The third-order valence-corrected chi connectivity index (χ3v) is 4.15. The van der Waals surface area contributed by atoms with Crippen LogP contribution in [-0.2, 0) is 0 Å². The molecule has 1 heterocycles. The second-order valence-electron chi connectivity index (χ2n) is 4.74. The zero-order chi connectivity index (χ0) is 15.6. The number of nitriles is 1. The first-order valence-corrected chi connectivity index (χ1v) is 7.42. The van der Waals surface area contributed by atoms with Crippen LogP contribution in [-0.4, -0.2) is 4.98 Å². The molecule has 1 aromatic carbocycles. The molecule has 0 bridgehead atoms. The molecule has 0 saturated heterocycles. The van der Waals surface area contributed by atoms with E-state index in [9.17, 15) is 4.39 Å². The first-order valence-electron chi connectivity index (χ1n) is 6.25. The Bertz CT molecular complexity index is 726. The molecule has 2 aromatic rings. The van der Waals surface area contributed by atoms with Crippen LogP contribution in [0, 0.1) is 17.1 Å². The van der Waals surface area contributed by atoms with Gasteiger partial charge in [-0.15, -0.1) is 0 Å². The fraction of sp³-hybridized carbons (Fsp3) is 0.200. The van der Waals surface area contributed by atoms with Crippen molar-refractivity contribution in [3.63, 3.8) is 0 Å². The predicted molar refractivity (Wildman–Crippen MR) is 85.4 cm³/mol. The highest BCUT2D eigenvalue weighted by molar-refractivity contribution is 9.10. The molecule has 0 aliphatic heterocycles. The Labute approximate surface area is 135 Å². The zero-order valence-electron chi connectivity index (χ0n) is 11.4. The summed E-state index contributed by atoms with van der Waals surface area (Å²) in [5, 5.41) is 12.1. The number of halogens is 3. The molecule has 0 atom stereocenters. The van der Waals surface area contributed by atoms with Gasteiger partial charge in [-0.25, -0.2) is 4.39 Å². The normalized spacial score (nSPS) is 10.5. The SMILES string of the molecule is CC(C)c1ncccc1Nc1cc(Br)c(Cl)c(F)c1C#N. The van der Waals surface area contributed by atoms with Gasteiger partial charge in [0.1, 0.15) is 11.6 Å². The summed E-state index contributed by atoms with van der Waals surface area (Å²) < 4.78 is 14.4. The summed E-state index contributed by atoms with van der Waals surface area (Å²) in [7, 11) is 0. The van der Waals surface area contributed by atoms with Gasteiger partial charge in [-0.05, 0) is 40.0 Å². The van der Waals surface area contributed by atoms with Gasteiger partial charge < -0.3 is 5.32 Å². The maximum Gasteiger partial charge on any atom is 0.162 e. The van der Waals surface area contributed by atoms with E-state index in [1.165, 1.54) is 0 Å². The third-order valence-electron chi connectivity index (χ3n) is 2.93. The molecule has 0 spiro atoms. The van der Waals surface area contributed by atoms with Crippen LogP contribution in [0.3, 0.4) is 0 Å². The molecule has 0 fully saturated rings. The fourth-order valence-corrected chi connectivity index (χ4v) is 2.48. The van der Waals surface area contributed by atoms with Gasteiger partial charge in [0, 0.05) is 10.7 Å². The van der Waals surface area contributed by atoms with Gasteiger partial charge in [0.15, 0.2) is 5.82 Å². The molecule has 21 heavy (non-hydrogen) atoms. The van der Waals surface area contributed by atoms with Crippen LogP contribution >= 0.6 is 27.5 Å². The van der Waals surface area contributed by atoms with Crippen LogP contribution in [0.4, 0.5) is 15.8 Å². The maximum absolute atomic E-state index is 14.0. The summed E-state index contributed by atoms with van der Waals surface area (Å²) in [6, 6.07) is 7.04. The lowest BCUT2D eigenvalue weighted by Crippen LogP contribution is -2.03. The Morgan fingerprint density at radius 3 is 2.76 bits per heavy atom. The number of nitrogens with zero attached hydrogens (tertiary/aromatic N) is 2. The van der Waals surface area contributed by atoms with E-state index in [2.05, 4.69) is 26.2 Å². The lowest BCUT2D eigenvalue weighted by Gasteiger charge is -2.15. The molecular formula is C15H12BrClFN3. The topological polar surface area (TPSA) is 48.7 Å². The van der Waals surface area contributed by atoms with Gasteiger partial charge in [-0.3, -0.25) is 4.98 Å². The lowest BCUT2D eigenvalue weighted by molar-refractivity contribution is 0.624. The van der Waals surface area contributed by atoms with Crippen molar-refractivity contribution in [2.75, 3.05) is 5.32 Å². The van der Waals surface area contributed by atoms with Crippen molar-refractivity contribution in [1.29, 1.82) is 5.26 Å². The van der Waals surface area contributed by atoms with E-state index in [1.54, 1.807) is 18.3 Å². The Morgan fingerprint density at radius 1 is 1.43 bits per heavy atom. The summed E-state index contributed by atoms with van der Waals surface area (Å²) in [6.45, 7) is 4.02. The Morgan fingerprint density at radius 2 is 2.14 bits per heavy atom. The van der Waals surface area contributed by atoms with Gasteiger partial charge in [0.25, 0.3) is 0 Å². The second kappa shape index (κ2) is 6.42. The molecule has 0 unspecified atom stereocenters. The number of aromatic nitrogens is 1. The molecule has 0 radical (unpaired) electrons. The predicted octanol–water partition coefficient (Wildman–Crippen LogP) is 5.38. The molecule has 0 aliphatic rings. The van der Waals surface area contributed by atoms with Crippen molar-refractivity contribution in [3.05, 3.63) is 51.0 Å². The van der Waals surface area contributed by atoms with Crippen LogP contribution < -0.4 is 5.32 Å². The summed E-state index contributed by atoms with van der Waals surface area (Å²) >= 11 is 8.99. The Hall–Kier alpha value is -1.64. The molecule has 0 amide bonds. The van der Waals surface area contributed by atoms with Crippen LogP contribution in [0.15, 0.2) is 28.9 Å². The highest BCUT2D eigenvalue weighted by Gasteiger charge is 2.17. The zero-order valence-corrected chi connectivity index (χ0v) is 13.8. The van der Waals surface area contributed by atoms with Crippen LogP contribution in [0.25, 0.3) is 0 Å². The van der Waals surface area contributed by atoms with Crippen molar-refractivity contribution >= 4 is 38.9 Å². The first-order chi connectivity index (χ1) is 9.95. The average Bonchev–Trinajstić information content (AvgIpc) is 2.45. The van der Waals surface area contributed by atoms with E-state index in [0.717, 1.165) is 11.4 Å². The van der Waals surface area contributed by atoms with Gasteiger partial charge in [0.05, 0.1) is 22.1 Å². The van der Waals surface area contributed by atoms with E-state index in [-0.39, 0.29) is 16.5 Å². The molecule has 6 heteroatoms. The largest absolute Gasteiger partial charge is 0.353 e. The van der Waals surface area contributed by atoms with Crippen LogP contribution in [0.5, 0.6) is 0 Å². The quantitative estimate of drug-likeness (QED) is 0.740. The van der Waals surface area contributed by atoms with Crippen LogP contribution in [0.2, 0.25) is 5.02 Å². The van der Waals surface area contributed by atoms with E-state index in [0.29, 0.717) is 10.2 Å². The van der Waals surface area contributed by atoms with Crippen molar-refractivity contribution in [2.45, 2.75) is 19.8 Å². The smallest absolute Gasteiger partial charge is 0.162 e. The Kier molecular flexibility index (Phi) is 4.81. The number of rotatable bonds is 3. The van der Waals surface area contributed by atoms with E-state index < -0.39 is 5.82 Å². The van der Waals surface area contributed by atoms with Crippen LogP contribution in [0.1, 0.15) is 31.0 Å². The number of hydrogen-bond donors (Lipinski definition) is 1. The van der Waals surface area contributed by atoms with Crippen molar-refractivity contribution in [1.82, 2.24) is 4.98 Å². The van der Waals surface area contributed by atoms with E-state index in [1.807, 2.05) is 26.0 Å². The number of pyridine rings is 1. The Balaban J connectivity index is 2.53. The van der Waals surface area contributed by atoms with E-state index >= 15 is 0 Å². The molecule has 1 aromatic heterocycles. The van der Waals surface area contributed by atoms with Gasteiger partial charge >= 0.3 is 0 Å². The monoisotopic (exact) mass is 367 g/mol. The van der Waals surface area contributed by atoms with Gasteiger partial charge in [-0.2, -0.15) is 5.26 Å². The summed E-state index contributed by atoms with van der Waals surface area (Å²) in [5.41, 5.74) is 1.80. The maximum atomic E-state index is 14.0. The molecule has 0 saturated carbocycles. The lowest BCUT2D eigenvalue weighted by atomic mass is 10.1. The summed E-state index contributed by atoms with van der Waals surface area (Å²) in [4.78, 5) is 4.32. The standard InChI is InChI=1S/C15H12BrClFN3/c1-8(2)15-11(4-3-5-20-15)21-12-6-10(16)13(17)14(18)9(12)7-19/h3-6,8,21H,1-2H3. The van der Waals surface area contributed by atoms with E-state index in [4.69, 9.17) is 16.9 Å². The summed E-state index contributed by atoms with van der Waals surface area (Å²) in [5.74, 6) is -0.550. The molecule has 2 rings (SSSR count). The molecule has 1 N–H and O–H groups in total. The minimum atomic E-state index is -0.744. The molecule has 0 aliphatic carbocycles. The number of hydrogen-bond acceptors (Lipinski definition) is 3. The number of anilines is 2. The summed E-state index contributed by atoms with van der Waals surface area (Å²) in [6.07, 6.45) is 1.70. The molecular weight excluding hydrogens is 357 g/mol. The van der Waals surface area contributed by atoms with Crippen molar-refractivity contribution in [2.24, 2.45) is 0 Å². The minimum absolute atomic E-state index is 0.104. The van der Waals surface area contributed by atoms with Crippen molar-refractivity contribution < 1.29 is 4.39 Å². The third kappa shape index (κ3) is 3.17. The number of nitrogens with one attached hydrogen (secondary N) is 1. The highest BCUT2D eigenvalue weighted by Crippen LogP contribution is 2.35. The highest BCUT2D eigenvalue weighted by atomic mass is 79.9. The second-order valence-corrected chi connectivity index (χ2v) is 5.97. The fourth-order valence-electron chi connectivity index (χ4n) is 1.93. The molecule has 3 nitrogen and oxygen atoms in total. The van der Waals surface area contributed by atoms with Crippen molar-refractivity contribution in [3.8, 4) is 6.07 Å². The van der Waals surface area contributed by atoms with Gasteiger partial charge in [-0.1, -0.05) is 25.4 Å². The average molecular weight is 369 g/mol. The first kappa shape index (κ1) is 15.7. The molecule has 108 valence electrons. The number of benzene rings is 1. The van der Waals surface area contributed by atoms with Gasteiger partial charge in [0.2, 0.25) is 0 Å². The minimum Gasteiger partial charge on any atom is -0.353 e.